The number of pyridine rings is 1. The molecule has 2 N–H and O–H groups in total. The van der Waals surface area contributed by atoms with Crippen LogP contribution in [0.25, 0.3) is 0 Å². The molecule has 1 heterocycles. The second-order valence-corrected chi connectivity index (χ2v) is 4.51. The number of aromatic hydroxyl groups is 1. The second-order valence-electron chi connectivity index (χ2n) is 4.51. The van der Waals surface area contributed by atoms with Crippen LogP contribution < -0.4 is 5.32 Å². The first-order chi connectivity index (χ1) is 8.18. The quantitative estimate of drug-likeness (QED) is 0.680. The lowest BCUT2D eigenvalue weighted by Gasteiger charge is -2.07. The normalized spacial score (nSPS) is 11.0. The summed E-state index contributed by atoms with van der Waals surface area (Å²) in [6.45, 7) is 7.57. The summed E-state index contributed by atoms with van der Waals surface area (Å²) in [6, 6.07) is 3.47. The third-order valence-corrected chi connectivity index (χ3v) is 2.21. The molecule has 0 unspecified atom stereocenters. The molecule has 0 fully saturated rings. The van der Waals surface area contributed by atoms with Crippen molar-refractivity contribution in [2.24, 2.45) is 5.92 Å². The number of aromatic nitrogens is 1. The van der Waals surface area contributed by atoms with E-state index in [-0.39, 0.29) is 5.75 Å². The van der Waals surface area contributed by atoms with Crippen molar-refractivity contribution in [1.29, 1.82) is 0 Å². The van der Waals surface area contributed by atoms with Crippen LogP contribution in [0.15, 0.2) is 18.3 Å². The van der Waals surface area contributed by atoms with Gasteiger partial charge in [0.1, 0.15) is 5.75 Å². The number of hydrogen-bond donors (Lipinski definition) is 2. The summed E-state index contributed by atoms with van der Waals surface area (Å²) in [5, 5.41) is 12.4. The molecule has 0 aliphatic rings. The maximum absolute atomic E-state index is 9.07. The van der Waals surface area contributed by atoms with Gasteiger partial charge in [0, 0.05) is 19.8 Å². The molecule has 96 valence electrons. The molecule has 4 nitrogen and oxygen atoms in total. The summed E-state index contributed by atoms with van der Waals surface area (Å²) in [4.78, 5) is 4.09. The van der Waals surface area contributed by atoms with Crippen molar-refractivity contribution >= 4 is 0 Å². The van der Waals surface area contributed by atoms with Gasteiger partial charge in [-0.05, 0) is 31.0 Å². The van der Waals surface area contributed by atoms with Gasteiger partial charge < -0.3 is 15.2 Å². The third kappa shape index (κ3) is 6.92. The fourth-order valence-corrected chi connectivity index (χ4v) is 1.36. The Morgan fingerprint density at radius 2 is 2.24 bits per heavy atom. The highest BCUT2D eigenvalue weighted by Crippen LogP contribution is 2.05. The fourth-order valence-electron chi connectivity index (χ4n) is 1.36. The van der Waals surface area contributed by atoms with Crippen LogP contribution in [0.5, 0.6) is 5.75 Å². The number of ether oxygens (including phenoxy) is 1. The van der Waals surface area contributed by atoms with E-state index in [0.29, 0.717) is 5.92 Å². The Bertz CT molecular complexity index is 299. The van der Waals surface area contributed by atoms with Crippen LogP contribution in [0, 0.1) is 5.92 Å². The maximum atomic E-state index is 9.07. The second kappa shape index (κ2) is 8.03. The summed E-state index contributed by atoms with van der Waals surface area (Å²) in [6.07, 6.45) is 2.47. The molecular formula is C13H22N2O2. The van der Waals surface area contributed by atoms with Gasteiger partial charge in [-0.1, -0.05) is 13.8 Å². The minimum atomic E-state index is 0.204. The van der Waals surface area contributed by atoms with Crippen LogP contribution in [0.1, 0.15) is 26.0 Å². The highest BCUT2D eigenvalue weighted by atomic mass is 16.5. The summed E-state index contributed by atoms with van der Waals surface area (Å²) in [5.74, 6) is 0.806. The molecule has 4 heteroatoms. The van der Waals surface area contributed by atoms with E-state index in [1.165, 1.54) is 6.20 Å². The molecule has 0 bridgehead atoms. The van der Waals surface area contributed by atoms with Crippen LogP contribution in [0.2, 0.25) is 0 Å². The van der Waals surface area contributed by atoms with E-state index < -0.39 is 0 Å². The molecule has 1 aromatic heterocycles. The van der Waals surface area contributed by atoms with Gasteiger partial charge in [0.05, 0.1) is 11.9 Å². The molecule has 0 saturated carbocycles. The van der Waals surface area contributed by atoms with Crippen LogP contribution >= 0.6 is 0 Å². The zero-order chi connectivity index (χ0) is 12.5. The lowest BCUT2D eigenvalue weighted by Crippen LogP contribution is -2.17. The summed E-state index contributed by atoms with van der Waals surface area (Å²) < 4.78 is 5.47. The molecule has 0 radical (unpaired) electrons. The molecule has 0 atom stereocenters. The van der Waals surface area contributed by atoms with Gasteiger partial charge in [-0.15, -0.1) is 0 Å². The van der Waals surface area contributed by atoms with E-state index in [1.54, 1.807) is 6.07 Å². The van der Waals surface area contributed by atoms with Crippen LogP contribution in [-0.2, 0) is 11.3 Å². The zero-order valence-corrected chi connectivity index (χ0v) is 10.6. The van der Waals surface area contributed by atoms with Crippen LogP contribution in [0.3, 0.4) is 0 Å². The lowest BCUT2D eigenvalue weighted by atomic mass is 10.2. The molecule has 0 amide bonds. The molecule has 1 aromatic rings. The predicted molar refractivity (Wildman–Crippen MR) is 67.9 cm³/mol. The molecule has 0 aromatic carbocycles. The van der Waals surface area contributed by atoms with Crippen molar-refractivity contribution in [3.8, 4) is 5.75 Å². The van der Waals surface area contributed by atoms with E-state index in [2.05, 4.69) is 24.1 Å². The Hall–Kier alpha value is -1.13. The summed E-state index contributed by atoms with van der Waals surface area (Å²) in [7, 11) is 0. The van der Waals surface area contributed by atoms with Crippen LogP contribution in [-0.4, -0.2) is 29.8 Å². The molecular weight excluding hydrogens is 216 g/mol. The molecule has 0 spiro atoms. The van der Waals surface area contributed by atoms with Crippen molar-refractivity contribution in [2.75, 3.05) is 19.8 Å². The minimum absolute atomic E-state index is 0.204. The minimum Gasteiger partial charge on any atom is -0.506 e. The topological polar surface area (TPSA) is 54.4 Å². The van der Waals surface area contributed by atoms with Crippen LogP contribution in [0.4, 0.5) is 0 Å². The van der Waals surface area contributed by atoms with Gasteiger partial charge in [0.25, 0.3) is 0 Å². The van der Waals surface area contributed by atoms with E-state index in [9.17, 15) is 0 Å². The van der Waals surface area contributed by atoms with Gasteiger partial charge >= 0.3 is 0 Å². The van der Waals surface area contributed by atoms with E-state index in [4.69, 9.17) is 9.84 Å². The maximum Gasteiger partial charge on any atom is 0.133 e. The van der Waals surface area contributed by atoms with Gasteiger partial charge in [-0.3, -0.25) is 4.98 Å². The number of rotatable bonds is 8. The summed E-state index contributed by atoms with van der Waals surface area (Å²) >= 11 is 0. The first-order valence-electron chi connectivity index (χ1n) is 6.11. The van der Waals surface area contributed by atoms with Gasteiger partial charge in [0.2, 0.25) is 0 Å². The Morgan fingerprint density at radius 3 is 2.88 bits per heavy atom. The SMILES string of the molecule is CC(C)COCCCNCc1ccc(O)cn1. The van der Waals surface area contributed by atoms with Crippen molar-refractivity contribution in [3.05, 3.63) is 24.0 Å². The number of hydrogen-bond acceptors (Lipinski definition) is 4. The van der Waals surface area contributed by atoms with E-state index in [1.807, 2.05) is 6.07 Å². The summed E-state index contributed by atoms with van der Waals surface area (Å²) in [5.41, 5.74) is 0.936. The number of nitrogens with zero attached hydrogens (tertiary/aromatic N) is 1. The predicted octanol–water partition coefficient (Wildman–Crippen LogP) is 1.94. The Kier molecular flexibility index (Phi) is 6.58. The third-order valence-electron chi connectivity index (χ3n) is 2.21. The van der Waals surface area contributed by atoms with Crippen molar-refractivity contribution in [2.45, 2.75) is 26.8 Å². The van der Waals surface area contributed by atoms with Gasteiger partial charge in [0.15, 0.2) is 0 Å². The van der Waals surface area contributed by atoms with Gasteiger partial charge in [-0.25, -0.2) is 0 Å². The molecule has 1 rings (SSSR count). The Balaban J connectivity index is 1.99. The standard InChI is InChI=1S/C13H22N2O2/c1-11(2)10-17-7-3-6-14-8-12-4-5-13(16)9-15-12/h4-5,9,11,14,16H,3,6-8,10H2,1-2H3. The number of nitrogens with one attached hydrogen (secondary N) is 1. The zero-order valence-electron chi connectivity index (χ0n) is 10.6. The van der Waals surface area contributed by atoms with E-state index in [0.717, 1.165) is 38.4 Å². The van der Waals surface area contributed by atoms with Gasteiger partial charge in [-0.2, -0.15) is 0 Å². The largest absolute Gasteiger partial charge is 0.506 e. The highest BCUT2D eigenvalue weighted by Gasteiger charge is 1.96. The Labute approximate surface area is 103 Å². The fraction of sp³-hybridized carbons (Fsp3) is 0.615. The monoisotopic (exact) mass is 238 g/mol. The molecule has 0 aliphatic heterocycles. The lowest BCUT2D eigenvalue weighted by molar-refractivity contribution is 0.108. The first kappa shape index (κ1) is 13.9. The Morgan fingerprint density at radius 1 is 1.41 bits per heavy atom. The highest BCUT2D eigenvalue weighted by molar-refractivity contribution is 5.17. The van der Waals surface area contributed by atoms with Crippen molar-refractivity contribution in [1.82, 2.24) is 10.3 Å². The van der Waals surface area contributed by atoms with E-state index >= 15 is 0 Å². The smallest absolute Gasteiger partial charge is 0.133 e. The van der Waals surface area contributed by atoms with Crippen molar-refractivity contribution in [3.63, 3.8) is 0 Å². The molecule has 17 heavy (non-hydrogen) atoms. The first-order valence-corrected chi connectivity index (χ1v) is 6.11. The molecule has 0 aliphatic carbocycles. The average Bonchev–Trinajstić information content (AvgIpc) is 2.30. The average molecular weight is 238 g/mol. The molecule has 0 saturated heterocycles. The van der Waals surface area contributed by atoms with Crippen molar-refractivity contribution < 1.29 is 9.84 Å².